The van der Waals surface area contributed by atoms with Gasteiger partial charge in [-0.15, -0.1) is 11.3 Å². The van der Waals surface area contributed by atoms with Crippen molar-refractivity contribution < 1.29 is 14.2 Å². The van der Waals surface area contributed by atoms with E-state index in [9.17, 15) is 9.50 Å². The molecule has 0 aliphatic rings. The van der Waals surface area contributed by atoms with E-state index < -0.39 is 0 Å². The second-order valence-corrected chi connectivity index (χ2v) is 5.05. The Morgan fingerprint density at radius 1 is 1.21 bits per heavy atom. The Kier molecular flexibility index (Phi) is 2.83. The number of benzene rings is 2. The van der Waals surface area contributed by atoms with Crippen LogP contribution in [0.2, 0.25) is 0 Å². The maximum Gasteiger partial charge on any atom is 0.161 e. The van der Waals surface area contributed by atoms with Crippen LogP contribution in [0.1, 0.15) is 0 Å². The molecule has 0 aliphatic heterocycles. The largest absolute Gasteiger partial charge is 0.504 e. The number of aromatic hydroxyl groups is 1. The first-order chi connectivity index (χ1) is 9.17. The molecule has 3 aromatic rings. The zero-order valence-corrected chi connectivity index (χ0v) is 10.9. The molecule has 3 rings (SSSR count). The summed E-state index contributed by atoms with van der Waals surface area (Å²) in [5, 5.41) is 10.3. The van der Waals surface area contributed by atoms with Crippen LogP contribution >= 0.6 is 11.3 Å². The molecule has 1 aromatic heterocycles. The van der Waals surface area contributed by atoms with Crippen LogP contribution in [0.3, 0.4) is 0 Å². The highest BCUT2D eigenvalue weighted by Crippen LogP contribution is 2.35. The molecule has 0 fully saturated rings. The molecule has 1 N–H and O–H groups in total. The van der Waals surface area contributed by atoms with Crippen LogP contribution in [-0.2, 0) is 0 Å². The molecule has 1 heterocycles. The van der Waals surface area contributed by atoms with E-state index in [1.54, 1.807) is 24.3 Å². The SMILES string of the molecule is COc1cc(-c2nc3cc(F)ccc3s2)ccc1O. The number of methoxy groups -OCH3 is 1. The molecule has 96 valence electrons. The van der Waals surface area contributed by atoms with Crippen LogP contribution in [-0.4, -0.2) is 17.2 Å². The molecule has 5 heteroatoms. The smallest absolute Gasteiger partial charge is 0.161 e. The van der Waals surface area contributed by atoms with Gasteiger partial charge in [-0.05, 0) is 30.3 Å². The first-order valence-electron chi connectivity index (χ1n) is 5.61. The number of hydrogen-bond donors (Lipinski definition) is 1. The Hall–Kier alpha value is -2.14. The number of nitrogens with zero attached hydrogens (tertiary/aromatic N) is 1. The van der Waals surface area contributed by atoms with Gasteiger partial charge in [0, 0.05) is 11.6 Å². The lowest BCUT2D eigenvalue weighted by Gasteiger charge is -2.04. The van der Waals surface area contributed by atoms with Crippen molar-refractivity contribution in [1.29, 1.82) is 0 Å². The average Bonchev–Trinajstić information content (AvgIpc) is 2.82. The van der Waals surface area contributed by atoms with Gasteiger partial charge in [-0.1, -0.05) is 0 Å². The topological polar surface area (TPSA) is 42.4 Å². The Balaban J connectivity index is 2.13. The van der Waals surface area contributed by atoms with Crippen molar-refractivity contribution in [3.05, 3.63) is 42.2 Å². The highest BCUT2D eigenvalue weighted by molar-refractivity contribution is 7.21. The fourth-order valence-corrected chi connectivity index (χ4v) is 2.78. The van der Waals surface area contributed by atoms with Gasteiger partial charge in [0.15, 0.2) is 11.5 Å². The lowest BCUT2D eigenvalue weighted by molar-refractivity contribution is 0.373. The van der Waals surface area contributed by atoms with Crippen LogP contribution in [0, 0.1) is 5.82 Å². The zero-order valence-electron chi connectivity index (χ0n) is 10.1. The van der Waals surface area contributed by atoms with E-state index in [0.29, 0.717) is 11.3 Å². The van der Waals surface area contributed by atoms with Gasteiger partial charge in [0.25, 0.3) is 0 Å². The molecule has 3 nitrogen and oxygen atoms in total. The normalized spacial score (nSPS) is 10.8. The van der Waals surface area contributed by atoms with Crippen molar-refractivity contribution in [2.45, 2.75) is 0 Å². The van der Waals surface area contributed by atoms with E-state index in [0.717, 1.165) is 15.3 Å². The molecule has 0 bridgehead atoms. The molecule has 0 unspecified atom stereocenters. The van der Waals surface area contributed by atoms with Crippen LogP contribution in [0.5, 0.6) is 11.5 Å². The second kappa shape index (κ2) is 4.51. The summed E-state index contributed by atoms with van der Waals surface area (Å²) in [5.74, 6) is 0.175. The third-order valence-corrected chi connectivity index (χ3v) is 3.86. The van der Waals surface area contributed by atoms with Gasteiger partial charge >= 0.3 is 0 Å². The van der Waals surface area contributed by atoms with Crippen molar-refractivity contribution in [1.82, 2.24) is 4.98 Å². The van der Waals surface area contributed by atoms with Gasteiger partial charge < -0.3 is 9.84 Å². The van der Waals surface area contributed by atoms with Crippen LogP contribution in [0.15, 0.2) is 36.4 Å². The quantitative estimate of drug-likeness (QED) is 0.773. The highest BCUT2D eigenvalue weighted by atomic mass is 32.1. The maximum atomic E-state index is 13.1. The third-order valence-electron chi connectivity index (χ3n) is 2.78. The molecular weight excluding hydrogens is 265 g/mol. The lowest BCUT2D eigenvalue weighted by Crippen LogP contribution is -1.84. The van der Waals surface area contributed by atoms with Gasteiger partial charge in [-0.3, -0.25) is 0 Å². The fraction of sp³-hybridized carbons (Fsp3) is 0.0714. The summed E-state index contributed by atoms with van der Waals surface area (Å²) >= 11 is 1.47. The summed E-state index contributed by atoms with van der Waals surface area (Å²) in [5.41, 5.74) is 1.46. The number of ether oxygens (including phenoxy) is 1. The number of phenols is 1. The molecule has 0 aliphatic carbocycles. The first-order valence-corrected chi connectivity index (χ1v) is 6.42. The summed E-state index contributed by atoms with van der Waals surface area (Å²) in [6.07, 6.45) is 0. The van der Waals surface area contributed by atoms with Crippen molar-refractivity contribution in [3.8, 4) is 22.1 Å². The van der Waals surface area contributed by atoms with Gasteiger partial charge in [-0.2, -0.15) is 0 Å². The summed E-state index contributed by atoms with van der Waals surface area (Å²) in [6.45, 7) is 0. The predicted octanol–water partition coefficient (Wildman–Crippen LogP) is 3.82. The third kappa shape index (κ3) is 2.13. The number of phenolic OH excluding ortho intramolecular Hbond substituents is 1. The molecule has 0 saturated carbocycles. The number of aromatic nitrogens is 1. The predicted molar refractivity (Wildman–Crippen MR) is 73.2 cm³/mol. The monoisotopic (exact) mass is 275 g/mol. The van der Waals surface area contributed by atoms with Gasteiger partial charge in [0.1, 0.15) is 10.8 Å². The van der Waals surface area contributed by atoms with Gasteiger partial charge in [-0.25, -0.2) is 9.37 Å². The summed E-state index contributed by atoms with van der Waals surface area (Å²) in [7, 11) is 1.49. The highest BCUT2D eigenvalue weighted by Gasteiger charge is 2.10. The number of halogens is 1. The summed E-state index contributed by atoms with van der Waals surface area (Å²) < 4.78 is 19.1. The first kappa shape index (κ1) is 11.9. The Bertz CT molecular complexity index is 754. The molecule has 0 spiro atoms. The number of fused-ring (bicyclic) bond motifs is 1. The molecule has 0 saturated heterocycles. The van der Waals surface area contributed by atoms with Crippen molar-refractivity contribution in [3.63, 3.8) is 0 Å². The van der Waals surface area contributed by atoms with Gasteiger partial charge in [0.2, 0.25) is 0 Å². The van der Waals surface area contributed by atoms with E-state index in [1.165, 1.54) is 30.6 Å². The average molecular weight is 275 g/mol. The molecule has 0 atom stereocenters. The maximum absolute atomic E-state index is 13.1. The minimum atomic E-state index is -0.298. The van der Waals surface area contributed by atoms with Crippen LogP contribution in [0.4, 0.5) is 4.39 Å². The molecular formula is C14H10FNO2S. The van der Waals surface area contributed by atoms with Gasteiger partial charge in [0.05, 0.1) is 17.3 Å². The van der Waals surface area contributed by atoms with E-state index in [4.69, 9.17) is 4.74 Å². The van der Waals surface area contributed by atoms with E-state index in [1.807, 2.05) is 0 Å². The summed E-state index contributed by atoms with van der Waals surface area (Å²) in [4.78, 5) is 4.39. The minimum Gasteiger partial charge on any atom is -0.504 e. The molecule has 0 amide bonds. The molecule has 0 radical (unpaired) electrons. The zero-order chi connectivity index (χ0) is 13.4. The molecule has 19 heavy (non-hydrogen) atoms. The Morgan fingerprint density at radius 3 is 2.84 bits per heavy atom. The second-order valence-electron chi connectivity index (χ2n) is 4.02. The molecule has 2 aromatic carbocycles. The van der Waals surface area contributed by atoms with Crippen molar-refractivity contribution in [2.75, 3.05) is 7.11 Å². The van der Waals surface area contributed by atoms with E-state index in [2.05, 4.69) is 4.98 Å². The lowest BCUT2D eigenvalue weighted by atomic mass is 10.2. The van der Waals surface area contributed by atoms with E-state index in [-0.39, 0.29) is 11.6 Å². The fourth-order valence-electron chi connectivity index (χ4n) is 1.83. The van der Waals surface area contributed by atoms with Crippen LogP contribution < -0.4 is 4.74 Å². The Labute approximate surface area is 112 Å². The van der Waals surface area contributed by atoms with E-state index >= 15 is 0 Å². The van der Waals surface area contributed by atoms with Crippen molar-refractivity contribution >= 4 is 21.6 Å². The number of thiazole rings is 1. The van der Waals surface area contributed by atoms with Crippen molar-refractivity contribution in [2.24, 2.45) is 0 Å². The minimum absolute atomic E-state index is 0.0819. The summed E-state index contributed by atoms with van der Waals surface area (Å²) in [6, 6.07) is 9.56. The standard InChI is InChI=1S/C14H10FNO2S/c1-18-12-6-8(2-4-11(12)17)14-16-10-7-9(15)3-5-13(10)19-14/h2-7,17H,1H3. The number of hydrogen-bond acceptors (Lipinski definition) is 4. The van der Waals surface area contributed by atoms with Crippen LogP contribution in [0.25, 0.3) is 20.8 Å². The Morgan fingerprint density at radius 2 is 2.05 bits per heavy atom. The number of rotatable bonds is 2.